The van der Waals surface area contributed by atoms with E-state index in [0.717, 1.165) is 16.7 Å². The highest BCUT2D eigenvalue weighted by molar-refractivity contribution is 6.02. The summed E-state index contributed by atoms with van der Waals surface area (Å²) in [4.78, 5) is 27.7. The predicted molar refractivity (Wildman–Crippen MR) is 121 cm³/mol. The van der Waals surface area contributed by atoms with Crippen molar-refractivity contribution in [2.75, 3.05) is 0 Å². The molecule has 0 aromatic heterocycles. The van der Waals surface area contributed by atoms with Gasteiger partial charge in [0.15, 0.2) is 5.60 Å². The Bertz CT molecular complexity index is 1040. The summed E-state index contributed by atoms with van der Waals surface area (Å²) in [7, 11) is 0. The van der Waals surface area contributed by atoms with E-state index in [1.807, 2.05) is 105 Å². The van der Waals surface area contributed by atoms with Gasteiger partial charge in [-0.05, 0) is 17.6 Å². The van der Waals surface area contributed by atoms with Crippen LogP contribution in [0.25, 0.3) is 6.08 Å². The number of hydrogen-bond donors (Lipinski definition) is 0. The molecule has 1 fully saturated rings. The summed E-state index contributed by atoms with van der Waals surface area (Å²) in [6.45, 7) is 4.02. The zero-order valence-electron chi connectivity index (χ0n) is 17.6. The van der Waals surface area contributed by atoms with Crippen LogP contribution in [0.3, 0.4) is 0 Å². The topological polar surface area (TPSA) is 46.6 Å². The maximum atomic E-state index is 13.2. The molecular formula is C27H25NO3. The van der Waals surface area contributed by atoms with Gasteiger partial charge in [-0.1, -0.05) is 105 Å². The average molecular weight is 412 g/mol. The smallest absolute Gasteiger partial charge is 0.418 e. The molecule has 0 aliphatic carbocycles. The van der Waals surface area contributed by atoms with Gasteiger partial charge in [-0.2, -0.15) is 0 Å². The van der Waals surface area contributed by atoms with Crippen LogP contribution in [-0.2, 0) is 15.1 Å². The van der Waals surface area contributed by atoms with E-state index in [1.165, 1.54) is 11.0 Å². The fourth-order valence-corrected chi connectivity index (χ4v) is 4.35. The molecule has 4 rings (SSSR count). The maximum absolute atomic E-state index is 13.2. The molecule has 0 saturated carbocycles. The molecule has 1 heterocycles. The largest absolute Gasteiger partial charge is 0.430 e. The molecule has 1 aliphatic rings. The van der Waals surface area contributed by atoms with E-state index >= 15 is 0 Å². The van der Waals surface area contributed by atoms with Crippen LogP contribution >= 0.6 is 0 Å². The number of hydrogen-bond acceptors (Lipinski definition) is 3. The van der Waals surface area contributed by atoms with E-state index in [-0.39, 0.29) is 11.8 Å². The molecule has 1 atom stereocenters. The number of cyclic esters (lactones) is 1. The summed E-state index contributed by atoms with van der Waals surface area (Å²) >= 11 is 0. The van der Waals surface area contributed by atoms with Crippen LogP contribution in [0, 0.1) is 5.92 Å². The molecule has 3 aromatic rings. The normalized spacial score (nSPS) is 17.8. The van der Waals surface area contributed by atoms with Gasteiger partial charge in [0.1, 0.15) is 0 Å². The van der Waals surface area contributed by atoms with E-state index in [0.29, 0.717) is 0 Å². The fourth-order valence-electron chi connectivity index (χ4n) is 4.35. The molecule has 2 amide bonds. The lowest BCUT2D eigenvalue weighted by atomic mass is 9.75. The van der Waals surface area contributed by atoms with Crippen molar-refractivity contribution in [1.29, 1.82) is 0 Å². The highest BCUT2D eigenvalue weighted by Gasteiger charge is 2.58. The minimum absolute atomic E-state index is 0.0408. The Morgan fingerprint density at radius 1 is 0.871 bits per heavy atom. The van der Waals surface area contributed by atoms with Gasteiger partial charge >= 0.3 is 6.09 Å². The molecule has 156 valence electrons. The lowest BCUT2D eigenvalue weighted by Gasteiger charge is -2.37. The van der Waals surface area contributed by atoms with Gasteiger partial charge in [0.2, 0.25) is 0 Å². The lowest BCUT2D eigenvalue weighted by Crippen LogP contribution is -2.49. The number of rotatable bonds is 5. The molecule has 1 aliphatic heterocycles. The summed E-state index contributed by atoms with van der Waals surface area (Å²) < 4.78 is 6.11. The molecule has 4 heteroatoms. The molecule has 31 heavy (non-hydrogen) atoms. The summed E-state index contributed by atoms with van der Waals surface area (Å²) in [6, 6.07) is 28.4. The quantitative estimate of drug-likeness (QED) is 0.510. The number of nitrogens with zero attached hydrogens (tertiary/aromatic N) is 1. The zero-order valence-corrected chi connectivity index (χ0v) is 17.6. The number of carbonyl (C=O) groups is 2. The summed E-state index contributed by atoms with van der Waals surface area (Å²) in [5.74, 6) is -0.428. The minimum atomic E-state index is -1.08. The van der Waals surface area contributed by atoms with E-state index in [2.05, 4.69) is 0 Å². The number of benzene rings is 3. The van der Waals surface area contributed by atoms with Crippen LogP contribution in [0.5, 0.6) is 0 Å². The standard InChI is InChI=1S/C27H25NO3/c1-20(2)25-27(22-14-8-4-9-15-22,23-16-10-5-11-17-23)31-26(30)28(25)24(29)19-18-21-12-6-3-7-13-21/h3-20,25H,1-2H3/b19-18+/t25-/m0/s1. The van der Waals surface area contributed by atoms with Crippen molar-refractivity contribution in [3.63, 3.8) is 0 Å². The molecule has 0 bridgehead atoms. The monoisotopic (exact) mass is 411 g/mol. The number of amides is 2. The molecule has 0 spiro atoms. The third-order valence-electron chi connectivity index (χ3n) is 5.63. The van der Waals surface area contributed by atoms with Crippen molar-refractivity contribution in [3.05, 3.63) is 114 Å². The minimum Gasteiger partial charge on any atom is -0.430 e. The first-order chi connectivity index (χ1) is 15.0. The van der Waals surface area contributed by atoms with Crippen molar-refractivity contribution in [3.8, 4) is 0 Å². The second-order valence-corrected chi connectivity index (χ2v) is 7.98. The highest BCUT2D eigenvalue weighted by Crippen LogP contribution is 2.47. The van der Waals surface area contributed by atoms with Crippen molar-refractivity contribution >= 4 is 18.1 Å². The summed E-state index contributed by atoms with van der Waals surface area (Å²) in [5.41, 5.74) is 1.50. The van der Waals surface area contributed by atoms with Crippen LogP contribution in [-0.4, -0.2) is 22.9 Å². The maximum Gasteiger partial charge on any atom is 0.418 e. The third-order valence-corrected chi connectivity index (χ3v) is 5.63. The van der Waals surface area contributed by atoms with Gasteiger partial charge < -0.3 is 4.74 Å². The molecule has 3 aromatic carbocycles. The van der Waals surface area contributed by atoms with Crippen molar-refractivity contribution < 1.29 is 14.3 Å². The Balaban J connectivity index is 1.81. The van der Waals surface area contributed by atoms with Gasteiger partial charge in [-0.15, -0.1) is 0 Å². The molecular weight excluding hydrogens is 386 g/mol. The Morgan fingerprint density at radius 2 is 1.35 bits per heavy atom. The van der Waals surface area contributed by atoms with Crippen LogP contribution in [0.1, 0.15) is 30.5 Å². The number of carbonyl (C=O) groups excluding carboxylic acids is 2. The Kier molecular flexibility index (Phi) is 5.72. The lowest BCUT2D eigenvalue weighted by molar-refractivity contribution is -0.125. The van der Waals surface area contributed by atoms with E-state index in [4.69, 9.17) is 4.74 Å². The molecule has 1 saturated heterocycles. The second kappa shape index (κ2) is 8.60. The SMILES string of the molecule is CC(C)[C@@H]1N(C(=O)/C=C/c2ccccc2)C(=O)OC1(c1ccccc1)c1ccccc1. The van der Waals surface area contributed by atoms with Crippen molar-refractivity contribution in [2.45, 2.75) is 25.5 Å². The molecule has 0 radical (unpaired) electrons. The summed E-state index contributed by atoms with van der Waals surface area (Å²) in [5, 5.41) is 0. The molecule has 0 unspecified atom stereocenters. The van der Waals surface area contributed by atoms with Gasteiger partial charge in [-0.25, -0.2) is 9.69 Å². The van der Waals surface area contributed by atoms with Gasteiger partial charge in [0.25, 0.3) is 5.91 Å². The van der Waals surface area contributed by atoms with Crippen LogP contribution in [0.4, 0.5) is 4.79 Å². The first-order valence-electron chi connectivity index (χ1n) is 10.4. The second-order valence-electron chi connectivity index (χ2n) is 7.98. The highest BCUT2D eigenvalue weighted by atomic mass is 16.6. The first-order valence-corrected chi connectivity index (χ1v) is 10.4. The Morgan fingerprint density at radius 3 is 1.84 bits per heavy atom. The zero-order chi connectivity index (χ0) is 21.8. The van der Waals surface area contributed by atoms with Crippen molar-refractivity contribution in [1.82, 2.24) is 4.90 Å². The molecule has 0 N–H and O–H groups in total. The number of ether oxygens (including phenoxy) is 1. The van der Waals surface area contributed by atoms with Gasteiger partial charge in [0.05, 0.1) is 6.04 Å². The Hall–Kier alpha value is -3.66. The Labute approximate surface area is 182 Å². The number of imide groups is 1. The third kappa shape index (κ3) is 3.77. The summed E-state index contributed by atoms with van der Waals surface area (Å²) in [6.07, 6.45) is 2.53. The van der Waals surface area contributed by atoms with Crippen LogP contribution < -0.4 is 0 Å². The van der Waals surface area contributed by atoms with E-state index in [1.54, 1.807) is 6.08 Å². The first kappa shape index (κ1) is 20.6. The fraction of sp³-hybridized carbons (Fsp3) is 0.185. The van der Waals surface area contributed by atoms with E-state index < -0.39 is 17.7 Å². The van der Waals surface area contributed by atoms with Gasteiger partial charge in [-0.3, -0.25) is 4.79 Å². The predicted octanol–water partition coefficient (Wildman–Crippen LogP) is 5.65. The van der Waals surface area contributed by atoms with Crippen LogP contribution in [0.2, 0.25) is 0 Å². The van der Waals surface area contributed by atoms with E-state index in [9.17, 15) is 9.59 Å². The average Bonchev–Trinajstić information content (AvgIpc) is 3.13. The van der Waals surface area contributed by atoms with Crippen LogP contribution in [0.15, 0.2) is 97.1 Å². The molecule has 4 nitrogen and oxygen atoms in total. The van der Waals surface area contributed by atoms with Crippen molar-refractivity contribution in [2.24, 2.45) is 5.92 Å². The van der Waals surface area contributed by atoms with Gasteiger partial charge in [0, 0.05) is 17.2 Å².